The van der Waals surface area contributed by atoms with Gasteiger partial charge in [-0.25, -0.2) is 0 Å². The fourth-order valence-electron chi connectivity index (χ4n) is 1.69. The topological polar surface area (TPSA) is 38.9 Å². The van der Waals surface area contributed by atoms with Gasteiger partial charge in [0.15, 0.2) is 0 Å². The molecular formula is C10H14N2. The summed E-state index contributed by atoms with van der Waals surface area (Å²) >= 11 is 0. The maximum Gasteiger partial charge on any atom is 0.0438 e. The summed E-state index contributed by atoms with van der Waals surface area (Å²) in [5.41, 5.74) is 8.23. The van der Waals surface area contributed by atoms with Gasteiger partial charge in [0, 0.05) is 23.9 Å². The number of nitrogens with two attached hydrogens (primary N) is 1. The van der Waals surface area contributed by atoms with Gasteiger partial charge in [-0.05, 0) is 37.5 Å². The van der Waals surface area contributed by atoms with Gasteiger partial charge in [-0.2, -0.15) is 0 Å². The van der Waals surface area contributed by atoms with Crippen molar-refractivity contribution in [3.8, 4) is 0 Å². The number of pyridine rings is 1. The van der Waals surface area contributed by atoms with Crippen LogP contribution in [0.4, 0.5) is 0 Å². The van der Waals surface area contributed by atoms with E-state index in [2.05, 4.69) is 18.0 Å². The molecule has 1 heterocycles. The van der Waals surface area contributed by atoms with Crippen LogP contribution < -0.4 is 5.73 Å². The normalized spacial score (nSPS) is 28.2. The molecule has 2 rings (SSSR count). The summed E-state index contributed by atoms with van der Waals surface area (Å²) in [4.78, 5) is 4.34. The molecule has 0 unspecified atom stereocenters. The van der Waals surface area contributed by atoms with Gasteiger partial charge in [0.25, 0.3) is 0 Å². The molecule has 1 aromatic rings. The molecule has 0 saturated heterocycles. The SMILES string of the molecule is Cc1ccnc([C@H]2C[C@@H](N)C2)c1. The van der Waals surface area contributed by atoms with Gasteiger partial charge < -0.3 is 5.73 Å². The summed E-state index contributed by atoms with van der Waals surface area (Å²) in [6.45, 7) is 2.10. The minimum Gasteiger partial charge on any atom is -0.328 e. The first-order valence-corrected chi connectivity index (χ1v) is 4.44. The van der Waals surface area contributed by atoms with Gasteiger partial charge >= 0.3 is 0 Å². The number of hydrogen-bond donors (Lipinski definition) is 1. The maximum absolute atomic E-state index is 5.72. The smallest absolute Gasteiger partial charge is 0.0438 e. The molecule has 0 radical (unpaired) electrons. The van der Waals surface area contributed by atoms with Gasteiger partial charge in [-0.3, -0.25) is 4.98 Å². The number of rotatable bonds is 1. The zero-order valence-corrected chi connectivity index (χ0v) is 7.33. The summed E-state index contributed by atoms with van der Waals surface area (Å²) in [7, 11) is 0. The van der Waals surface area contributed by atoms with Crippen molar-refractivity contribution in [1.82, 2.24) is 4.98 Å². The zero-order valence-electron chi connectivity index (χ0n) is 7.33. The molecule has 1 fully saturated rings. The third-order valence-electron chi connectivity index (χ3n) is 2.53. The fraction of sp³-hybridized carbons (Fsp3) is 0.500. The van der Waals surface area contributed by atoms with Crippen LogP contribution in [0, 0.1) is 6.92 Å². The van der Waals surface area contributed by atoms with Crippen LogP contribution in [0.3, 0.4) is 0 Å². The Morgan fingerprint density at radius 2 is 2.25 bits per heavy atom. The van der Waals surface area contributed by atoms with E-state index < -0.39 is 0 Å². The highest BCUT2D eigenvalue weighted by atomic mass is 14.7. The predicted octanol–water partition coefficient (Wildman–Crippen LogP) is 1.59. The predicted molar refractivity (Wildman–Crippen MR) is 48.9 cm³/mol. The Labute approximate surface area is 72.8 Å². The molecule has 1 aliphatic carbocycles. The van der Waals surface area contributed by atoms with Gasteiger partial charge in [0.05, 0.1) is 0 Å². The summed E-state index contributed by atoms with van der Waals surface area (Å²) < 4.78 is 0. The lowest BCUT2D eigenvalue weighted by Crippen LogP contribution is -2.35. The van der Waals surface area contributed by atoms with Crippen molar-refractivity contribution in [3.05, 3.63) is 29.6 Å². The van der Waals surface area contributed by atoms with Crippen LogP contribution >= 0.6 is 0 Å². The van der Waals surface area contributed by atoms with Crippen LogP contribution in [-0.4, -0.2) is 11.0 Å². The van der Waals surface area contributed by atoms with Crippen molar-refractivity contribution in [2.45, 2.75) is 31.7 Å². The first-order chi connectivity index (χ1) is 5.75. The van der Waals surface area contributed by atoms with Crippen molar-refractivity contribution in [3.63, 3.8) is 0 Å². The van der Waals surface area contributed by atoms with E-state index in [-0.39, 0.29) is 0 Å². The second-order valence-corrected chi connectivity index (χ2v) is 3.69. The number of hydrogen-bond acceptors (Lipinski definition) is 2. The third-order valence-corrected chi connectivity index (χ3v) is 2.53. The molecule has 1 aromatic heterocycles. The molecule has 1 aliphatic rings. The average molecular weight is 162 g/mol. The van der Waals surface area contributed by atoms with Gasteiger partial charge in [0.2, 0.25) is 0 Å². The Morgan fingerprint density at radius 1 is 1.50 bits per heavy atom. The molecule has 0 aromatic carbocycles. The molecule has 12 heavy (non-hydrogen) atoms. The Bertz CT molecular complexity index is 277. The molecule has 2 N–H and O–H groups in total. The van der Waals surface area contributed by atoms with E-state index in [1.54, 1.807) is 0 Å². The van der Waals surface area contributed by atoms with E-state index in [1.165, 1.54) is 11.3 Å². The zero-order chi connectivity index (χ0) is 8.55. The minimum absolute atomic E-state index is 0.414. The molecule has 0 atom stereocenters. The lowest BCUT2D eigenvalue weighted by molar-refractivity contribution is 0.345. The van der Waals surface area contributed by atoms with Crippen molar-refractivity contribution < 1.29 is 0 Å². The molecule has 0 spiro atoms. The van der Waals surface area contributed by atoms with Gasteiger partial charge in [-0.1, -0.05) is 0 Å². The fourth-order valence-corrected chi connectivity index (χ4v) is 1.69. The molecule has 1 saturated carbocycles. The maximum atomic E-state index is 5.72. The average Bonchev–Trinajstić information content (AvgIpc) is 1.99. The molecule has 2 heteroatoms. The second-order valence-electron chi connectivity index (χ2n) is 3.69. The van der Waals surface area contributed by atoms with Crippen molar-refractivity contribution >= 4 is 0 Å². The summed E-state index contributed by atoms with van der Waals surface area (Å²) in [5.74, 6) is 0.625. The first-order valence-electron chi connectivity index (χ1n) is 4.44. The highest BCUT2D eigenvalue weighted by molar-refractivity contribution is 5.20. The lowest BCUT2D eigenvalue weighted by atomic mass is 9.78. The Balaban J connectivity index is 2.13. The lowest BCUT2D eigenvalue weighted by Gasteiger charge is -2.31. The largest absolute Gasteiger partial charge is 0.328 e. The number of aryl methyl sites for hydroxylation is 1. The quantitative estimate of drug-likeness (QED) is 0.681. The molecule has 0 amide bonds. The number of aromatic nitrogens is 1. The van der Waals surface area contributed by atoms with Gasteiger partial charge in [-0.15, -0.1) is 0 Å². The van der Waals surface area contributed by atoms with Crippen LogP contribution in [0.1, 0.15) is 30.0 Å². The highest BCUT2D eigenvalue weighted by Gasteiger charge is 2.27. The molecule has 64 valence electrons. The van der Waals surface area contributed by atoms with E-state index in [1.807, 2.05) is 12.3 Å². The van der Waals surface area contributed by atoms with Crippen LogP contribution in [0.25, 0.3) is 0 Å². The van der Waals surface area contributed by atoms with E-state index in [4.69, 9.17) is 5.73 Å². The number of nitrogens with zero attached hydrogens (tertiary/aromatic N) is 1. The molecule has 2 nitrogen and oxygen atoms in total. The highest BCUT2D eigenvalue weighted by Crippen LogP contribution is 2.34. The van der Waals surface area contributed by atoms with Crippen molar-refractivity contribution in [2.75, 3.05) is 0 Å². The summed E-state index contributed by atoms with van der Waals surface area (Å²) in [6.07, 6.45) is 4.10. The van der Waals surface area contributed by atoms with E-state index in [0.717, 1.165) is 12.8 Å². The second kappa shape index (κ2) is 2.87. The Morgan fingerprint density at radius 3 is 2.83 bits per heavy atom. The first kappa shape index (κ1) is 7.74. The van der Waals surface area contributed by atoms with Crippen molar-refractivity contribution in [2.24, 2.45) is 5.73 Å². The molecule has 0 aliphatic heterocycles. The Hall–Kier alpha value is -0.890. The summed E-state index contributed by atoms with van der Waals surface area (Å²) in [6, 6.07) is 4.61. The van der Waals surface area contributed by atoms with Crippen LogP contribution in [0.15, 0.2) is 18.3 Å². The molecule has 0 bridgehead atoms. The van der Waals surface area contributed by atoms with Gasteiger partial charge in [0.1, 0.15) is 0 Å². The third kappa shape index (κ3) is 1.34. The van der Waals surface area contributed by atoms with E-state index in [0.29, 0.717) is 12.0 Å². The minimum atomic E-state index is 0.414. The monoisotopic (exact) mass is 162 g/mol. The molecular weight excluding hydrogens is 148 g/mol. The Kier molecular flexibility index (Phi) is 1.85. The van der Waals surface area contributed by atoms with Crippen LogP contribution in [-0.2, 0) is 0 Å². The van der Waals surface area contributed by atoms with Crippen LogP contribution in [0.2, 0.25) is 0 Å². The van der Waals surface area contributed by atoms with E-state index >= 15 is 0 Å². The summed E-state index contributed by atoms with van der Waals surface area (Å²) in [5, 5.41) is 0. The van der Waals surface area contributed by atoms with Crippen molar-refractivity contribution in [1.29, 1.82) is 0 Å². The van der Waals surface area contributed by atoms with Crippen LogP contribution in [0.5, 0.6) is 0 Å². The van der Waals surface area contributed by atoms with E-state index in [9.17, 15) is 0 Å². The standard InChI is InChI=1S/C10H14N2/c1-7-2-3-12-10(4-7)8-5-9(11)6-8/h2-4,8-9H,5-6,11H2,1H3/t8-,9+.